The highest BCUT2D eigenvalue weighted by atomic mass is 19.1. The van der Waals surface area contributed by atoms with Crippen molar-refractivity contribution in [2.75, 3.05) is 64.1 Å². The van der Waals surface area contributed by atoms with Crippen LogP contribution in [0, 0.1) is 11.7 Å². The van der Waals surface area contributed by atoms with E-state index in [1.165, 1.54) is 12.1 Å². The molecule has 3 heterocycles. The van der Waals surface area contributed by atoms with Crippen LogP contribution in [0.1, 0.15) is 12.8 Å². The van der Waals surface area contributed by atoms with E-state index in [4.69, 9.17) is 14.2 Å². The fraction of sp³-hybridized carbons (Fsp3) is 0.650. The molecule has 0 aliphatic carbocycles. The largest absolute Gasteiger partial charge is 0.381 e. The van der Waals surface area contributed by atoms with Crippen molar-refractivity contribution in [3.8, 4) is 0 Å². The molecule has 1 aromatic carbocycles. The molecule has 1 spiro atoms. The molecule has 7 heteroatoms. The van der Waals surface area contributed by atoms with Gasteiger partial charge in [-0.15, -0.1) is 0 Å². The van der Waals surface area contributed by atoms with E-state index in [1.807, 2.05) is 0 Å². The molecule has 1 atom stereocenters. The molecule has 3 saturated heterocycles. The molecule has 0 saturated carbocycles. The zero-order valence-corrected chi connectivity index (χ0v) is 15.6. The second-order valence-electron chi connectivity index (χ2n) is 7.77. The summed E-state index contributed by atoms with van der Waals surface area (Å²) in [5.41, 5.74) is 0.147. The number of carbonyl (C=O) groups is 1. The summed E-state index contributed by atoms with van der Waals surface area (Å²) in [7, 11) is 0. The third kappa shape index (κ3) is 4.48. The molecular weight excluding hydrogens is 351 g/mol. The third-order valence-corrected chi connectivity index (χ3v) is 5.67. The SMILES string of the molecule is O=C1CO[C@@]2(COCCN(CC3CCOCC3)C2)CN1c1ccc(F)cc1. The number of hydrogen-bond donors (Lipinski definition) is 0. The zero-order valence-electron chi connectivity index (χ0n) is 15.6. The van der Waals surface area contributed by atoms with Crippen molar-refractivity contribution in [3.05, 3.63) is 30.1 Å². The average Bonchev–Trinajstić information content (AvgIpc) is 2.88. The summed E-state index contributed by atoms with van der Waals surface area (Å²) in [6.07, 6.45) is 2.18. The van der Waals surface area contributed by atoms with E-state index in [1.54, 1.807) is 17.0 Å². The lowest BCUT2D eigenvalue weighted by atomic mass is 9.97. The van der Waals surface area contributed by atoms with Gasteiger partial charge in [-0.3, -0.25) is 9.69 Å². The maximum absolute atomic E-state index is 13.3. The van der Waals surface area contributed by atoms with E-state index < -0.39 is 5.60 Å². The molecule has 1 aromatic rings. The van der Waals surface area contributed by atoms with Crippen molar-refractivity contribution in [2.24, 2.45) is 5.92 Å². The van der Waals surface area contributed by atoms with Gasteiger partial charge in [0.15, 0.2) is 0 Å². The number of hydrogen-bond acceptors (Lipinski definition) is 5. The fourth-order valence-electron chi connectivity index (χ4n) is 4.19. The summed E-state index contributed by atoms with van der Waals surface area (Å²) in [6, 6.07) is 6.05. The van der Waals surface area contributed by atoms with Crippen LogP contribution in [0.5, 0.6) is 0 Å². The van der Waals surface area contributed by atoms with E-state index in [9.17, 15) is 9.18 Å². The molecular formula is C20H27FN2O4. The second kappa shape index (κ2) is 8.22. The smallest absolute Gasteiger partial charge is 0.253 e. The number of nitrogens with zero attached hydrogens (tertiary/aromatic N) is 2. The molecule has 4 rings (SSSR count). The van der Waals surface area contributed by atoms with Gasteiger partial charge < -0.3 is 19.1 Å². The number of halogens is 1. The highest BCUT2D eigenvalue weighted by Gasteiger charge is 2.43. The molecule has 0 N–H and O–H groups in total. The first-order chi connectivity index (χ1) is 13.1. The van der Waals surface area contributed by atoms with Gasteiger partial charge in [0.25, 0.3) is 5.91 Å². The van der Waals surface area contributed by atoms with Gasteiger partial charge in [-0.25, -0.2) is 4.39 Å². The van der Waals surface area contributed by atoms with Gasteiger partial charge in [0.2, 0.25) is 0 Å². The van der Waals surface area contributed by atoms with Crippen molar-refractivity contribution in [1.29, 1.82) is 0 Å². The van der Waals surface area contributed by atoms with E-state index in [0.29, 0.717) is 31.4 Å². The highest BCUT2D eigenvalue weighted by molar-refractivity contribution is 5.95. The molecule has 3 aliphatic heterocycles. The quantitative estimate of drug-likeness (QED) is 0.801. The van der Waals surface area contributed by atoms with Crippen molar-refractivity contribution < 1.29 is 23.4 Å². The van der Waals surface area contributed by atoms with Crippen LogP contribution in [0.3, 0.4) is 0 Å². The first kappa shape index (κ1) is 18.8. The normalized spacial score (nSPS) is 28.5. The monoisotopic (exact) mass is 378 g/mol. The molecule has 3 aliphatic rings. The lowest BCUT2D eigenvalue weighted by Crippen LogP contribution is -2.61. The van der Waals surface area contributed by atoms with Crippen LogP contribution in [0.15, 0.2) is 24.3 Å². The fourth-order valence-corrected chi connectivity index (χ4v) is 4.19. The minimum atomic E-state index is -0.552. The highest BCUT2D eigenvalue weighted by Crippen LogP contribution is 2.28. The molecule has 27 heavy (non-hydrogen) atoms. The molecule has 148 valence electrons. The van der Waals surface area contributed by atoms with E-state index >= 15 is 0 Å². The number of amides is 1. The van der Waals surface area contributed by atoms with Crippen LogP contribution in [0.2, 0.25) is 0 Å². The van der Waals surface area contributed by atoms with Crippen LogP contribution in [0.4, 0.5) is 10.1 Å². The Morgan fingerprint density at radius 3 is 2.63 bits per heavy atom. The standard InChI is InChI=1S/C20H27FN2O4/c21-17-1-3-18(4-2-17)23-14-20(27-12-19(23)24)13-22(7-10-26-15-20)11-16-5-8-25-9-6-16/h1-4,16H,5-15H2/t20-/m1/s1. The third-order valence-electron chi connectivity index (χ3n) is 5.67. The second-order valence-corrected chi connectivity index (χ2v) is 7.77. The van der Waals surface area contributed by atoms with Crippen LogP contribution in [-0.4, -0.2) is 75.6 Å². The van der Waals surface area contributed by atoms with Crippen LogP contribution >= 0.6 is 0 Å². The molecule has 0 aromatic heterocycles. The maximum atomic E-state index is 13.3. The van der Waals surface area contributed by atoms with Crippen molar-refractivity contribution >= 4 is 11.6 Å². The van der Waals surface area contributed by atoms with Crippen LogP contribution < -0.4 is 4.90 Å². The van der Waals surface area contributed by atoms with Gasteiger partial charge in [-0.05, 0) is 43.0 Å². The summed E-state index contributed by atoms with van der Waals surface area (Å²) >= 11 is 0. The zero-order chi connectivity index (χ0) is 18.7. The number of morpholine rings is 1. The Labute approximate surface area is 159 Å². The maximum Gasteiger partial charge on any atom is 0.253 e. The average molecular weight is 378 g/mol. The number of rotatable bonds is 3. The van der Waals surface area contributed by atoms with E-state index in [-0.39, 0.29) is 18.3 Å². The Bertz CT molecular complexity index is 650. The molecule has 1 amide bonds. The first-order valence-electron chi connectivity index (χ1n) is 9.71. The number of benzene rings is 1. The summed E-state index contributed by atoms with van der Waals surface area (Å²) in [5.74, 6) is 0.217. The van der Waals surface area contributed by atoms with E-state index in [2.05, 4.69) is 4.90 Å². The van der Waals surface area contributed by atoms with Gasteiger partial charge in [0.05, 0.1) is 19.8 Å². The van der Waals surface area contributed by atoms with Gasteiger partial charge in [0, 0.05) is 38.5 Å². The van der Waals surface area contributed by atoms with Gasteiger partial charge >= 0.3 is 0 Å². The van der Waals surface area contributed by atoms with Crippen LogP contribution in [-0.2, 0) is 19.0 Å². The van der Waals surface area contributed by atoms with Gasteiger partial charge in [-0.2, -0.15) is 0 Å². The predicted octanol–water partition coefficient (Wildman–Crippen LogP) is 1.69. The lowest BCUT2D eigenvalue weighted by Gasteiger charge is -2.43. The topological polar surface area (TPSA) is 51.2 Å². The molecule has 0 bridgehead atoms. The Hall–Kier alpha value is -1.54. The molecule has 3 fully saturated rings. The Morgan fingerprint density at radius 2 is 1.85 bits per heavy atom. The summed E-state index contributed by atoms with van der Waals surface area (Å²) in [4.78, 5) is 16.5. The van der Waals surface area contributed by atoms with Crippen LogP contribution in [0.25, 0.3) is 0 Å². The Kier molecular flexibility index (Phi) is 5.73. The lowest BCUT2D eigenvalue weighted by molar-refractivity contribution is -0.146. The summed E-state index contributed by atoms with van der Waals surface area (Å²) in [5, 5.41) is 0. The van der Waals surface area contributed by atoms with Crippen molar-refractivity contribution in [2.45, 2.75) is 18.4 Å². The summed E-state index contributed by atoms with van der Waals surface area (Å²) < 4.78 is 30.6. The molecule has 0 radical (unpaired) electrons. The molecule has 0 unspecified atom stereocenters. The summed E-state index contributed by atoms with van der Waals surface area (Å²) in [6.45, 7) is 5.84. The van der Waals surface area contributed by atoms with Gasteiger partial charge in [-0.1, -0.05) is 0 Å². The predicted molar refractivity (Wildman–Crippen MR) is 98.2 cm³/mol. The van der Waals surface area contributed by atoms with Crippen molar-refractivity contribution in [3.63, 3.8) is 0 Å². The minimum absolute atomic E-state index is 0.0197. The van der Waals surface area contributed by atoms with Crippen molar-refractivity contribution in [1.82, 2.24) is 4.90 Å². The number of carbonyl (C=O) groups excluding carboxylic acids is 1. The van der Waals surface area contributed by atoms with Gasteiger partial charge in [0.1, 0.15) is 18.0 Å². The number of anilines is 1. The molecule has 6 nitrogen and oxygen atoms in total. The minimum Gasteiger partial charge on any atom is -0.381 e. The Morgan fingerprint density at radius 1 is 1.07 bits per heavy atom. The number of ether oxygens (including phenoxy) is 3. The van der Waals surface area contributed by atoms with E-state index in [0.717, 1.165) is 45.7 Å². The first-order valence-corrected chi connectivity index (χ1v) is 9.71. The Balaban J connectivity index is 1.47.